The monoisotopic (exact) mass is 334 g/mol. The predicted molar refractivity (Wildman–Crippen MR) is 79.7 cm³/mol. The molecule has 1 N–H and O–H groups in total. The van der Waals surface area contributed by atoms with Crippen molar-refractivity contribution >= 4 is 21.9 Å². The highest BCUT2D eigenvalue weighted by atomic mass is 79.9. The summed E-state index contributed by atoms with van der Waals surface area (Å²) in [5.41, 5.74) is 2.51. The standard InChI is InChI=1S/C15H15BrN2O2/c1-9-6-10(2)18-14(17-9)13(15(19)20)8-11-4-3-5-12(16)7-11/h3-7,13H,8H2,1-2H3,(H,19,20). The van der Waals surface area contributed by atoms with Gasteiger partial charge in [-0.2, -0.15) is 0 Å². The first-order valence-electron chi connectivity index (χ1n) is 6.25. The normalized spacial score (nSPS) is 12.2. The molecule has 2 rings (SSSR count). The van der Waals surface area contributed by atoms with Crippen LogP contribution >= 0.6 is 15.9 Å². The second-order valence-corrected chi connectivity index (χ2v) is 5.65. The summed E-state index contributed by atoms with van der Waals surface area (Å²) in [6, 6.07) is 9.46. The van der Waals surface area contributed by atoms with Gasteiger partial charge in [0.25, 0.3) is 0 Å². The molecule has 104 valence electrons. The number of halogens is 1. The van der Waals surface area contributed by atoms with Gasteiger partial charge in [-0.15, -0.1) is 0 Å². The molecule has 0 saturated heterocycles. The van der Waals surface area contributed by atoms with Crippen molar-refractivity contribution in [2.75, 3.05) is 0 Å². The number of carboxylic acids is 1. The summed E-state index contributed by atoms with van der Waals surface area (Å²) in [7, 11) is 0. The van der Waals surface area contributed by atoms with E-state index in [9.17, 15) is 9.90 Å². The Kier molecular flexibility index (Phi) is 4.49. The maximum atomic E-state index is 11.5. The van der Waals surface area contributed by atoms with Crippen LogP contribution in [0.4, 0.5) is 0 Å². The molecule has 4 nitrogen and oxygen atoms in total. The minimum Gasteiger partial charge on any atom is -0.481 e. The van der Waals surface area contributed by atoms with Crippen LogP contribution in [0.3, 0.4) is 0 Å². The van der Waals surface area contributed by atoms with Crippen LogP contribution in [0.15, 0.2) is 34.8 Å². The number of rotatable bonds is 4. The molecule has 1 unspecified atom stereocenters. The summed E-state index contributed by atoms with van der Waals surface area (Å²) in [4.78, 5) is 20.1. The smallest absolute Gasteiger partial charge is 0.314 e. The molecule has 0 fully saturated rings. The van der Waals surface area contributed by atoms with E-state index in [1.54, 1.807) is 0 Å². The highest BCUT2D eigenvalue weighted by Gasteiger charge is 2.23. The summed E-state index contributed by atoms with van der Waals surface area (Å²) in [5, 5.41) is 9.45. The highest BCUT2D eigenvalue weighted by Crippen LogP contribution is 2.21. The fraction of sp³-hybridized carbons (Fsp3) is 0.267. The zero-order valence-corrected chi connectivity index (χ0v) is 12.9. The van der Waals surface area contributed by atoms with Gasteiger partial charge in [-0.1, -0.05) is 28.1 Å². The van der Waals surface area contributed by atoms with Crippen molar-refractivity contribution in [3.63, 3.8) is 0 Å². The van der Waals surface area contributed by atoms with E-state index >= 15 is 0 Å². The van der Waals surface area contributed by atoms with Gasteiger partial charge in [0.2, 0.25) is 0 Å². The van der Waals surface area contributed by atoms with Gasteiger partial charge in [-0.25, -0.2) is 9.97 Å². The average molecular weight is 335 g/mol. The number of carbonyl (C=O) groups is 1. The van der Waals surface area contributed by atoms with Gasteiger partial charge >= 0.3 is 5.97 Å². The minimum atomic E-state index is -0.907. The molecule has 1 aromatic heterocycles. The van der Waals surface area contributed by atoms with E-state index in [2.05, 4.69) is 25.9 Å². The number of aryl methyl sites for hydroxylation is 2. The van der Waals surface area contributed by atoms with Crippen LogP contribution in [-0.2, 0) is 11.2 Å². The maximum absolute atomic E-state index is 11.5. The molecular weight excluding hydrogens is 320 g/mol. The third-order valence-corrected chi connectivity index (χ3v) is 3.43. The lowest BCUT2D eigenvalue weighted by Crippen LogP contribution is -2.18. The topological polar surface area (TPSA) is 63.1 Å². The van der Waals surface area contributed by atoms with E-state index in [0.29, 0.717) is 12.2 Å². The first kappa shape index (κ1) is 14.7. The third-order valence-electron chi connectivity index (χ3n) is 2.94. The van der Waals surface area contributed by atoms with Gasteiger partial charge in [0.15, 0.2) is 0 Å². The third kappa shape index (κ3) is 3.63. The van der Waals surface area contributed by atoms with E-state index in [0.717, 1.165) is 21.4 Å². The number of benzene rings is 1. The van der Waals surface area contributed by atoms with Gasteiger partial charge in [0, 0.05) is 15.9 Å². The number of aliphatic carboxylic acids is 1. The van der Waals surface area contributed by atoms with E-state index in [1.807, 2.05) is 44.2 Å². The molecule has 0 aliphatic carbocycles. The van der Waals surface area contributed by atoms with Crippen molar-refractivity contribution in [1.82, 2.24) is 9.97 Å². The number of aromatic nitrogens is 2. The highest BCUT2D eigenvalue weighted by molar-refractivity contribution is 9.10. The Morgan fingerprint density at radius 2 is 1.90 bits per heavy atom. The van der Waals surface area contributed by atoms with E-state index in [-0.39, 0.29) is 0 Å². The molecule has 0 saturated carbocycles. The summed E-state index contributed by atoms with van der Waals surface area (Å²) in [6.45, 7) is 3.69. The Balaban J connectivity index is 2.34. The number of carboxylic acid groups (broad SMARTS) is 1. The summed E-state index contributed by atoms with van der Waals surface area (Å²) in [6.07, 6.45) is 0.373. The van der Waals surface area contributed by atoms with E-state index in [4.69, 9.17) is 0 Å². The van der Waals surface area contributed by atoms with Crippen LogP contribution in [0.25, 0.3) is 0 Å². The molecule has 2 aromatic rings. The largest absolute Gasteiger partial charge is 0.481 e. The number of hydrogen-bond acceptors (Lipinski definition) is 3. The molecule has 0 spiro atoms. The SMILES string of the molecule is Cc1cc(C)nc(C(Cc2cccc(Br)c2)C(=O)O)n1. The second-order valence-electron chi connectivity index (χ2n) is 4.73. The first-order chi connectivity index (χ1) is 9.45. The Bertz CT molecular complexity index is 623. The van der Waals surface area contributed by atoms with Crippen LogP contribution < -0.4 is 0 Å². The molecule has 1 aromatic carbocycles. The van der Waals surface area contributed by atoms with Gasteiger partial charge in [-0.3, -0.25) is 4.79 Å². The fourth-order valence-corrected chi connectivity index (χ4v) is 2.54. The zero-order valence-electron chi connectivity index (χ0n) is 11.3. The van der Waals surface area contributed by atoms with Crippen molar-refractivity contribution in [2.45, 2.75) is 26.2 Å². The molecule has 0 radical (unpaired) electrons. The molecule has 0 bridgehead atoms. The summed E-state index contributed by atoms with van der Waals surface area (Å²) >= 11 is 3.39. The molecule has 0 amide bonds. The zero-order chi connectivity index (χ0) is 14.7. The fourth-order valence-electron chi connectivity index (χ4n) is 2.10. The van der Waals surface area contributed by atoms with Gasteiger partial charge < -0.3 is 5.11 Å². The lowest BCUT2D eigenvalue weighted by molar-refractivity contribution is -0.139. The van der Waals surface area contributed by atoms with Crippen LogP contribution in [0, 0.1) is 13.8 Å². The quantitative estimate of drug-likeness (QED) is 0.931. The van der Waals surface area contributed by atoms with Crippen molar-refractivity contribution in [1.29, 1.82) is 0 Å². The molecule has 0 aliphatic rings. The Morgan fingerprint density at radius 1 is 1.25 bits per heavy atom. The summed E-state index contributed by atoms with van der Waals surface area (Å²) < 4.78 is 0.931. The van der Waals surface area contributed by atoms with Crippen molar-refractivity contribution in [3.8, 4) is 0 Å². The molecular formula is C15H15BrN2O2. The van der Waals surface area contributed by atoms with Crippen LogP contribution in [0.5, 0.6) is 0 Å². The summed E-state index contributed by atoms with van der Waals surface area (Å²) in [5.74, 6) is -1.27. The Morgan fingerprint density at radius 3 is 2.45 bits per heavy atom. The average Bonchev–Trinajstić information content (AvgIpc) is 2.34. The predicted octanol–water partition coefficient (Wildman–Crippen LogP) is 3.27. The van der Waals surface area contributed by atoms with Crippen LogP contribution in [0.1, 0.15) is 28.7 Å². The van der Waals surface area contributed by atoms with Crippen molar-refractivity contribution in [3.05, 3.63) is 57.6 Å². The lowest BCUT2D eigenvalue weighted by Gasteiger charge is -2.12. The first-order valence-corrected chi connectivity index (χ1v) is 7.04. The molecule has 20 heavy (non-hydrogen) atoms. The molecule has 5 heteroatoms. The van der Waals surface area contributed by atoms with Crippen molar-refractivity contribution < 1.29 is 9.90 Å². The number of nitrogens with zero attached hydrogens (tertiary/aromatic N) is 2. The van der Waals surface area contributed by atoms with Crippen LogP contribution in [0.2, 0.25) is 0 Å². The lowest BCUT2D eigenvalue weighted by atomic mass is 9.98. The minimum absolute atomic E-state index is 0.370. The van der Waals surface area contributed by atoms with Gasteiger partial charge in [0.1, 0.15) is 11.7 Å². The van der Waals surface area contributed by atoms with Gasteiger partial charge in [0.05, 0.1) is 0 Å². The van der Waals surface area contributed by atoms with E-state index < -0.39 is 11.9 Å². The van der Waals surface area contributed by atoms with Gasteiger partial charge in [-0.05, 0) is 44.0 Å². The molecule has 0 aliphatic heterocycles. The Labute approximate surface area is 126 Å². The second kappa shape index (κ2) is 6.13. The molecule has 1 atom stereocenters. The van der Waals surface area contributed by atoms with Crippen LogP contribution in [-0.4, -0.2) is 21.0 Å². The number of hydrogen-bond donors (Lipinski definition) is 1. The Hall–Kier alpha value is -1.75. The van der Waals surface area contributed by atoms with E-state index in [1.165, 1.54) is 0 Å². The molecule has 1 heterocycles. The van der Waals surface area contributed by atoms with Crippen molar-refractivity contribution in [2.24, 2.45) is 0 Å². The maximum Gasteiger partial charge on any atom is 0.314 e.